The van der Waals surface area contributed by atoms with Gasteiger partial charge in [-0.1, -0.05) is 6.07 Å². The molecule has 4 heteroatoms. The van der Waals surface area contributed by atoms with Gasteiger partial charge in [0.25, 0.3) is 0 Å². The minimum absolute atomic E-state index is 0.0892. The predicted octanol–water partition coefficient (Wildman–Crippen LogP) is 2.13. The number of morpholine rings is 1. The van der Waals surface area contributed by atoms with Crippen molar-refractivity contribution < 1.29 is 4.74 Å². The van der Waals surface area contributed by atoms with Gasteiger partial charge >= 0.3 is 0 Å². The van der Waals surface area contributed by atoms with Gasteiger partial charge in [0.2, 0.25) is 0 Å². The van der Waals surface area contributed by atoms with E-state index in [0.29, 0.717) is 0 Å². The van der Waals surface area contributed by atoms with Gasteiger partial charge in [0, 0.05) is 19.6 Å². The quantitative estimate of drug-likeness (QED) is 0.871. The molecule has 0 aromatic carbocycles. The Labute approximate surface area is 103 Å². The first kappa shape index (κ1) is 12.2. The van der Waals surface area contributed by atoms with Crippen LogP contribution < -0.4 is 10.2 Å². The van der Waals surface area contributed by atoms with Gasteiger partial charge in [0.05, 0.1) is 12.2 Å². The van der Waals surface area contributed by atoms with Crippen LogP contribution in [0, 0.1) is 0 Å². The normalized spacial score (nSPS) is 19.1. The number of hydrogen-bond acceptors (Lipinski definition) is 4. The minimum atomic E-state index is -0.0892. The van der Waals surface area contributed by atoms with Gasteiger partial charge in [-0.2, -0.15) is 0 Å². The van der Waals surface area contributed by atoms with Gasteiger partial charge < -0.3 is 15.0 Å². The Morgan fingerprint density at radius 1 is 1.47 bits per heavy atom. The van der Waals surface area contributed by atoms with Gasteiger partial charge in [-0.25, -0.2) is 4.98 Å². The summed E-state index contributed by atoms with van der Waals surface area (Å²) >= 11 is 0. The number of rotatable bonds is 3. The van der Waals surface area contributed by atoms with Crippen LogP contribution in [0.25, 0.3) is 0 Å². The van der Waals surface area contributed by atoms with Gasteiger partial charge in [-0.15, -0.1) is 0 Å². The second kappa shape index (κ2) is 4.92. The summed E-state index contributed by atoms with van der Waals surface area (Å²) in [6.07, 6.45) is 0. The molecule has 0 radical (unpaired) electrons. The summed E-state index contributed by atoms with van der Waals surface area (Å²) in [5.41, 5.74) is -0.0892. The molecule has 0 unspecified atom stereocenters. The SMILES string of the molecule is CCNc1cccc(N2CCOC(C)(C)C2)n1. The van der Waals surface area contributed by atoms with E-state index in [1.54, 1.807) is 0 Å². The molecule has 1 aliphatic rings. The average molecular weight is 235 g/mol. The van der Waals surface area contributed by atoms with Gasteiger partial charge in [0.1, 0.15) is 11.6 Å². The number of hydrogen-bond donors (Lipinski definition) is 1. The Bertz CT molecular complexity index is 379. The Morgan fingerprint density at radius 3 is 3.00 bits per heavy atom. The van der Waals surface area contributed by atoms with Crippen molar-refractivity contribution >= 4 is 11.6 Å². The second-order valence-corrected chi connectivity index (χ2v) is 4.94. The minimum Gasteiger partial charge on any atom is -0.372 e. The van der Waals surface area contributed by atoms with Crippen molar-refractivity contribution in [2.75, 3.05) is 36.5 Å². The van der Waals surface area contributed by atoms with Crippen LogP contribution in [0.1, 0.15) is 20.8 Å². The summed E-state index contributed by atoms with van der Waals surface area (Å²) in [4.78, 5) is 6.89. The molecule has 1 fully saturated rings. The lowest BCUT2D eigenvalue weighted by Gasteiger charge is -2.38. The largest absolute Gasteiger partial charge is 0.372 e. The van der Waals surface area contributed by atoms with E-state index in [1.165, 1.54) is 0 Å². The van der Waals surface area contributed by atoms with Crippen molar-refractivity contribution in [2.24, 2.45) is 0 Å². The van der Waals surface area contributed by atoms with Crippen LogP contribution in [0.5, 0.6) is 0 Å². The molecular formula is C13H21N3O. The van der Waals surface area contributed by atoms with Crippen LogP contribution in [0.2, 0.25) is 0 Å². The fourth-order valence-corrected chi connectivity index (χ4v) is 2.09. The van der Waals surface area contributed by atoms with Gasteiger partial charge in [-0.05, 0) is 32.9 Å². The van der Waals surface area contributed by atoms with Crippen LogP contribution >= 0.6 is 0 Å². The zero-order valence-electron chi connectivity index (χ0n) is 10.9. The molecule has 1 saturated heterocycles. The standard InChI is InChI=1S/C13H21N3O/c1-4-14-11-6-5-7-12(15-11)16-8-9-17-13(2,3)10-16/h5-7H,4,8-10H2,1-3H3,(H,14,15). The van der Waals surface area contributed by atoms with Crippen molar-refractivity contribution in [3.05, 3.63) is 18.2 Å². The first-order chi connectivity index (χ1) is 8.11. The average Bonchev–Trinajstić information content (AvgIpc) is 2.28. The Hall–Kier alpha value is -1.29. The first-order valence-corrected chi connectivity index (χ1v) is 6.20. The van der Waals surface area contributed by atoms with Crippen LogP contribution in [0.15, 0.2) is 18.2 Å². The maximum Gasteiger partial charge on any atom is 0.131 e. The van der Waals surface area contributed by atoms with Crippen molar-refractivity contribution in [2.45, 2.75) is 26.4 Å². The first-order valence-electron chi connectivity index (χ1n) is 6.20. The molecule has 0 saturated carbocycles. The van der Waals surface area contributed by atoms with Crippen molar-refractivity contribution in [3.63, 3.8) is 0 Å². The molecule has 1 aromatic heterocycles. The van der Waals surface area contributed by atoms with E-state index in [9.17, 15) is 0 Å². The van der Waals surface area contributed by atoms with E-state index in [0.717, 1.165) is 37.9 Å². The molecule has 2 rings (SSSR count). The summed E-state index contributed by atoms with van der Waals surface area (Å²) in [6, 6.07) is 6.10. The number of anilines is 2. The van der Waals surface area contributed by atoms with E-state index >= 15 is 0 Å². The van der Waals surface area contributed by atoms with Crippen molar-refractivity contribution in [3.8, 4) is 0 Å². The molecule has 17 heavy (non-hydrogen) atoms. The highest BCUT2D eigenvalue weighted by atomic mass is 16.5. The van der Waals surface area contributed by atoms with E-state index < -0.39 is 0 Å². The zero-order valence-corrected chi connectivity index (χ0v) is 10.9. The number of nitrogens with zero attached hydrogens (tertiary/aromatic N) is 2. The smallest absolute Gasteiger partial charge is 0.131 e. The third-order valence-electron chi connectivity index (χ3n) is 2.84. The lowest BCUT2D eigenvalue weighted by atomic mass is 10.1. The molecule has 0 spiro atoms. The molecule has 0 bridgehead atoms. The topological polar surface area (TPSA) is 37.4 Å². The van der Waals surface area contributed by atoms with Gasteiger partial charge in [-0.3, -0.25) is 0 Å². The number of aromatic nitrogens is 1. The lowest BCUT2D eigenvalue weighted by molar-refractivity contribution is -0.0279. The Kier molecular flexibility index (Phi) is 3.52. The predicted molar refractivity (Wildman–Crippen MR) is 70.6 cm³/mol. The number of ether oxygens (including phenoxy) is 1. The summed E-state index contributed by atoms with van der Waals surface area (Å²) < 4.78 is 5.71. The van der Waals surface area contributed by atoms with E-state index in [4.69, 9.17) is 4.74 Å². The highest BCUT2D eigenvalue weighted by Gasteiger charge is 2.27. The van der Waals surface area contributed by atoms with Gasteiger partial charge in [0.15, 0.2) is 0 Å². The highest BCUT2D eigenvalue weighted by Crippen LogP contribution is 2.22. The van der Waals surface area contributed by atoms with Crippen molar-refractivity contribution in [1.82, 2.24) is 4.98 Å². The Morgan fingerprint density at radius 2 is 2.29 bits per heavy atom. The molecule has 1 aromatic rings. The molecule has 4 nitrogen and oxygen atoms in total. The molecule has 1 aliphatic heterocycles. The van der Waals surface area contributed by atoms with Crippen LogP contribution in [0.3, 0.4) is 0 Å². The fourth-order valence-electron chi connectivity index (χ4n) is 2.09. The summed E-state index contributed by atoms with van der Waals surface area (Å²) in [7, 11) is 0. The Balaban J connectivity index is 2.13. The zero-order chi connectivity index (χ0) is 12.3. The maximum absolute atomic E-state index is 5.71. The molecule has 0 atom stereocenters. The third kappa shape index (κ3) is 3.09. The summed E-state index contributed by atoms with van der Waals surface area (Å²) in [6.45, 7) is 9.76. The maximum atomic E-state index is 5.71. The molecular weight excluding hydrogens is 214 g/mol. The lowest BCUT2D eigenvalue weighted by Crippen LogP contribution is -2.48. The number of pyridine rings is 1. The van der Waals surface area contributed by atoms with Crippen LogP contribution in [-0.2, 0) is 4.74 Å². The fraction of sp³-hybridized carbons (Fsp3) is 0.615. The second-order valence-electron chi connectivity index (χ2n) is 4.94. The highest BCUT2D eigenvalue weighted by molar-refractivity contribution is 5.47. The molecule has 0 amide bonds. The van der Waals surface area contributed by atoms with E-state index in [1.807, 2.05) is 12.1 Å². The molecule has 2 heterocycles. The monoisotopic (exact) mass is 235 g/mol. The number of nitrogens with one attached hydrogen (secondary N) is 1. The van der Waals surface area contributed by atoms with E-state index in [-0.39, 0.29) is 5.60 Å². The van der Waals surface area contributed by atoms with Crippen LogP contribution in [-0.4, -0.2) is 36.8 Å². The van der Waals surface area contributed by atoms with Crippen molar-refractivity contribution in [1.29, 1.82) is 0 Å². The molecule has 0 aliphatic carbocycles. The van der Waals surface area contributed by atoms with Crippen LogP contribution in [0.4, 0.5) is 11.6 Å². The summed E-state index contributed by atoms with van der Waals surface area (Å²) in [5.74, 6) is 1.97. The molecule has 94 valence electrons. The van der Waals surface area contributed by atoms with E-state index in [2.05, 4.69) is 42.0 Å². The summed E-state index contributed by atoms with van der Waals surface area (Å²) in [5, 5.41) is 3.24. The third-order valence-corrected chi connectivity index (χ3v) is 2.84. The molecule has 1 N–H and O–H groups in total.